The van der Waals surface area contributed by atoms with Crippen LogP contribution in [0, 0.1) is 0 Å². The first-order valence-corrected chi connectivity index (χ1v) is 13.5. The Balaban J connectivity index is 1.61. The number of hydrogen-bond donors (Lipinski definition) is 0. The Bertz CT molecular complexity index is 1590. The van der Waals surface area contributed by atoms with Gasteiger partial charge in [0.1, 0.15) is 5.52 Å². The van der Waals surface area contributed by atoms with Crippen LogP contribution < -0.4 is 21.2 Å². The molecule has 0 radical (unpaired) electrons. The van der Waals surface area contributed by atoms with Crippen LogP contribution in [0.15, 0.2) is 132 Å². The molecule has 1 heterocycles. The number of hydrogen-bond acceptors (Lipinski definition) is 2. The van der Waals surface area contributed by atoms with Crippen LogP contribution in [-0.2, 0) is 0 Å². The molecule has 0 saturated heterocycles. The molecule has 6 aromatic rings. The summed E-state index contributed by atoms with van der Waals surface area (Å²) in [5, 5.41) is 5.02. The highest BCUT2D eigenvalue weighted by molar-refractivity contribution is 7.80. The van der Waals surface area contributed by atoms with E-state index in [1.165, 1.54) is 32.3 Å². The number of fused-ring (bicyclic) bond motifs is 1. The van der Waals surface area contributed by atoms with Crippen LogP contribution >= 0.6 is 17.2 Å². The Morgan fingerprint density at radius 2 is 1.11 bits per heavy atom. The SMILES string of the molecule is Pc1ccccc1-c1ccccc1P(c1ccccc1)c1ccccc1-c1nc2ccccc2o1. The molecule has 0 aliphatic rings. The summed E-state index contributed by atoms with van der Waals surface area (Å²) in [5.41, 5.74) is 5.20. The molecule has 168 valence electrons. The second-order valence-corrected chi connectivity index (χ2v) is 11.1. The molecule has 0 N–H and O–H groups in total. The standard InChI is InChI=1S/C31H23NOP2/c34-28-19-9-4-14-23(28)24-15-5-10-20-29(24)35(22-12-2-1-3-13-22)30-21-11-6-16-25(30)31-32-26-17-7-8-18-27(26)33-31/h1-21H,34H2. The minimum Gasteiger partial charge on any atom is -0.436 e. The Kier molecular flexibility index (Phi) is 6.01. The monoisotopic (exact) mass is 487 g/mol. The van der Waals surface area contributed by atoms with Gasteiger partial charge in [0.2, 0.25) is 5.89 Å². The van der Waals surface area contributed by atoms with Gasteiger partial charge in [-0.05, 0) is 58.5 Å². The molecule has 2 atom stereocenters. The van der Waals surface area contributed by atoms with E-state index < -0.39 is 7.92 Å². The van der Waals surface area contributed by atoms with Gasteiger partial charge in [0.15, 0.2) is 5.58 Å². The molecule has 1 aromatic heterocycles. The fourth-order valence-electron chi connectivity index (χ4n) is 4.46. The van der Waals surface area contributed by atoms with Crippen molar-refractivity contribution in [2.24, 2.45) is 0 Å². The van der Waals surface area contributed by atoms with Crippen molar-refractivity contribution in [3.63, 3.8) is 0 Å². The summed E-state index contributed by atoms with van der Waals surface area (Å²) in [7, 11) is 2.01. The van der Waals surface area contributed by atoms with E-state index in [4.69, 9.17) is 9.40 Å². The van der Waals surface area contributed by atoms with Gasteiger partial charge in [-0.3, -0.25) is 0 Å². The molecule has 0 aliphatic heterocycles. The fourth-order valence-corrected chi connectivity index (χ4v) is 7.43. The molecular weight excluding hydrogens is 464 g/mol. The summed E-state index contributed by atoms with van der Waals surface area (Å²) in [6.07, 6.45) is 0. The third-order valence-electron chi connectivity index (χ3n) is 6.08. The zero-order valence-electron chi connectivity index (χ0n) is 19.0. The van der Waals surface area contributed by atoms with E-state index in [2.05, 4.69) is 112 Å². The van der Waals surface area contributed by atoms with Crippen molar-refractivity contribution in [1.82, 2.24) is 4.98 Å². The molecule has 0 amide bonds. The molecule has 35 heavy (non-hydrogen) atoms. The van der Waals surface area contributed by atoms with Crippen molar-refractivity contribution in [3.8, 4) is 22.6 Å². The van der Waals surface area contributed by atoms with Gasteiger partial charge in [-0.2, -0.15) is 0 Å². The van der Waals surface area contributed by atoms with Crippen LogP contribution in [0.4, 0.5) is 0 Å². The molecule has 4 heteroatoms. The van der Waals surface area contributed by atoms with E-state index in [1.807, 2.05) is 24.3 Å². The van der Waals surface area contributed by atoms with Crippen molar-refractivity contribution in [2.75, 3.05) is 0 Å². The Morgan fingerprint density at radius 3 is 1.86 bits per heavy atom. The summed E-state index contributed by atoms with van der Waals surface area (Å²) in [5.74, 6) is 0.661. The number of para-hydroxylation sites is 2. The van der Waals surface area contributed by atoms with Crippen LogP contribution in [0.3, 0.4) is 0 Å². The van der Waals surface area contributed by atoms with Crippen LogP contribution in [0.1, 0.15) is 0 Å². The number of rotatable bonds is 5. The second kappa shape index (κ2) is 9.59. The predicted molar refractivity (Wildman–Crippen MR) is 153 cm³/mol. The first-order chi connectivity index (χ1) is 17.3. The van der Waals surface area contributed by atoms with Crippen molar-refractivity contribution in [2.45, 2.75) is 0 Å². The third kappa shape index (κ3) is 4.21. The lowest BCUT2D eigenvalue weighted by atomic mass is 10.1. The van der Waals surface area contributed by atoms with Gasteiger partial charge >= 0.3 is 0 Å². The maximum atomic E-state index is 6.25. The first kappa shape index (κ1) is 21.9. The molecule has 0 spiro atoms. The van der Waals surface area contributed by atoms with E-state index in [9.17, 15) is 0 Å². The molecule has 5 aromatic carbocycles. The highest BCUT2D eigenvalue weighted by atomic mass is 31.1. The molecule has 2 unspecified atom stereocenters. The van der Waals surface area contributed by atoms with Gasteiger partial charge < -0.3 is 4.42 Å². The average molecular weight is 487 g/mol. The molecule has 0 fully saturated rings. The van der Waals surface area contributed by atoms with E-state index in [0.717, 1.165) is 16.7 Å². The van der Waals surface area contributed by atoms with Gasteiger partial charge in [0.05, 0.1) is 0 Å². The fraction of sp³-hybridized carbons (Fsp3) is 0. The van der Waals surface area contributed by atoms with Gasteiger partial charge in [-0.25, -0.2) is 4.98 Å². The first-order valence-electron chi connectivity index (χ1n) is 11.5. The van der Waals surface area contributed by atoms with Gasteiger partial charge in [-0.1, -0.05) is 109 Å². The minimum absolute atomic E-state index is 0.661. The van der Waals surface area contributed by atoms with E-state index >= 15 is 0 Å². The highest BCUT2D eigenvalue weighted by Gasteiger charge is 2.25. The second-order valence-electron chi connectivity index (χ2n) is 8.28. The van der Waals surface area contributed by atoms with Crippen molar-refractivity contribution in [1.29, 1.82) is 0 Å². The highest BCUT2D eigenvalue weighted by Crippen LogP contribution is 2.40. The maximum Gasteiger partial charge on any atom is 0.227 e. The summed E-state index contributed by atoms with van der Waals surface area (Å²) < 4.78 is 6.25. The van der Waals surface area contributed by atoms with Gasteiger partial charge in [0.25, 0.3) is 0 Å². The molecule has 0 saturated carbocycles. The van der Waals surface area contributed by atoms with Crippen LogP contribution in [0.2, 0.25) is 0 Å². The van der Waals surface area contributed by atoms with Gasteiger partial charge in [0, 0.05) is 5.56 Å². The molecular formula is C31H23NOP2. The quantitative estimate of drug-likeness (QED) is 0.262. The summed E-state index contributed by atoms with van der Waals surface area (Å²) in [6.45, 7) is 0. The summed E-state index contributed by atoms with van der Waals surface area (Å²) >= 11 is 0. The number of nitrogens with zero attached hydrogens (tertiary/aromatic N) is 1. The predicted octanol–water partition coefficient (Wildman–Crippen LogP) is 6.42. The molecule has 0 aliphatic carbocycles. The summed E-state index contributed by atoms with van der Waals surface area (Å²) in [6, 6.07) is 44.6. The number of benzene rings is 5. The zero-order chi connectivity index (χ0) is 23.6. The Hall–Kier alpha value is -3.57. The Morgan fingerprint density at radius 1 is 0.543 bits per heavy atom. The van der Waals surface area contributed by atoms with Crippen molar-refractivity contribution < 1.29 is 4.42 Å². The molecule has 0 bridgehead atoms. The lowest BCUT2D eigenvalue weighted by Gasteiger charge is -2.24. The van der Waals surface area contributed by atoms with Crippen molar-refractivity contribution in [3.05, 3.63) is 127 Å². The lowest BCUT2D eigenvalue weighted by Crippen LogP contribution is -2.24. The van der Waals surface area contributed by atoms with E-state index in [0.29, 0.717) is 5.89 Å². The van der Waals surface area contributed by atoms with E-state index in [1.54, 1.807) is 0 Å². The molecule has 2 nitrogen and oxygen atoms in total. The van der Waals surface area contributed by atoms with Crippen LogP contribution in [0.5, 0.6) is 0 Å². The summed E-state index contributed by atoms with van der Waals surface area (Å²) in [4.78, 5) is 4.85. The average Bonchev–Trinajstić information content (AvgIpc) is 3.35. The van der Waals surface area contributed by atoms with E-state index in [-0.39, 0.29) is 0 Å². The van der Waals surface area contributed by atoms with Crippen molar-refractivity contribution >= 4 is 49.5 Å². The lowest BCUT2D eigenvalue weighted by molar-refractivity contribution is 0.620. The maximum absolute atomic E-state index is 6.25. The van der Waals surface area contributed by atoms with Gasteiger partial charge in [-0.15, -0.1) is 9.24 Å². The largest absolute Gasteiger partial charge is 0.436 e. The smallest absolute Gasteiger partial charge is 0.227 e. The minimum atomic E-state index is -0.886. The normalized spacial score (nSPS) is 12.0. The number of aromatic nitrogens is 1. The third-order valence-corrected chi connectivity index (χ3v) is 9.14. The molecule has 6 rings (SSSR count). The number of oxazole rings is 1. The van der Waals surface area contributed by atoms with Crippen LogP contribution in [0.25, 0.3) is 33.7 Å². The Labute approximate surface area is 208 Å². The van der Waals surface area contributed by atoms with Crippen LogP contribution in [-0.4, -0.2) is 4.98 Å². The zero-order valence-corrected chi connectivity index (χ0v) is 21.1. The topological polar surface area (TPSA) is 26.0 Å².